The van der Waals surface area contributed by atoms with Crippen LogP contribution in [-0.4, -0.2) is 27.0 Å². The van der Waals surface area contributed by atoms with Gasteiger partial charge in [-0.05, 0) is 12.3 Å². The molecule has 0 N–H and O–H groups in total. The van der Waals surface area contributed by atoms with Gasteiger partial charge in [-0.2, -0.15) is 0 Å². The number of nitrogens with zero attached hydrogens (tertiary/aromatic N) is 4. The van der Waals surface area contributed by atoms with Crippen molar-refractivity contribution in [2.45, 2.75) is 20.3 Å². The van der Waals surface area contributed by atoms with E-state index in [1.54, 1.807) is 31.9 Å². The average molecular weight is 244 g/mol. The summed E-state index contributed by atoms with van der Waals surface area (Å²) in [5.41, 5.74) is 1.58. The van der Waals surface area contributed by atoms with Gasteiger partial charge < -0.3 is 4.74 Å². The first-order chi connectivity index (χ1) is 8.70. The van der Waals surface area contributed by atoms with Crippen LogP contribution in [0.3, 0.4) is 0 Å². The van der Waals surface area contributed by atoms with Crippen LogP contribution in [0.25, 0.3) is 11.5 Å². The first-order valence-electron chi connectivity index (χ1n) is 5.87. The van der Waals surface area contributed by atoms with Crippen molar-refractivity contribution in [3.63, 3.8) is 0 Å². The minimum Gasteiger partial charge on any atom is -0.493 e. The van der Waals surface area contributed by atoms with E-state index in [4.69, 9.17) is 4.74 Å². The van der Waals surface area contributed by atoms with Gasteiger partial charge in [0.15, 0.2) is 11.6 Å². The van der Waals surface area contributed by atoms with Crippen LogP contribution in [0.2, 0.25) is 0 Å². The van der Waals surface area contributed by atoms with Gasteiger partial charge in [0.05, 0.1) is 25.2 Å². The topological polar surface area (TPSA) is 60.8 Å². The largest absolute Gasteiger partial charge is 0.493 e. The van der Waals surface area contributed by atoms with Crippen LogP contribution >= 0.6 is 0 Å². The summed E-state index contributed by atoms with van der Waals surface area (Å²) in [4.78, 5) is 17.0. The molecule has 0 unspecified atom stereocenters. The first kappa shape index (κ1) is 12.4. The molecule has 0 fully saturated rings. The van der Waals surface area contributed by atoms with Crippen molar-refractivity contribution in [2.75, 3.05) is 7.11 Å². The zero-order chi connectivity index (χ0) is 13.0. The lowest BCUT2D eigenvalue weighted by molar-refractivity contribution is 0.401. The summed E-state index contributed by atoms with van der Waals surface area (Å²) < 4.78 is 5.28. The predicted molar refractivity (Wildman–Crippen MR) is 68.2 cm³/mol. The van der Waals surface area contributed by atoms with Gasteiger partial charge >= 0.3 is 0 Å². The van der Waals surface area contributed by atoms with Crippen LogP contribution in [0.1, 0.15) is 19.5 Å². The lowest BCUT2D eigenvalue weighted by atomic mass is 10.1. The Morgan fingerprint density at radius 3 is 2.61 bits per heavy atom. The zero-order valence-electron chi connectivity index (χ0n) is 10.8. The molecule has 2 aromatic heterocycles. The number of ether oxygens (including phenoxy) is 1. The van der Waals surface area contributed by atoms with Gasteiger partial charge in [-0.3, -0.25) is 4.98 Å². The molecule has 0 aliphatic rings. The molecule has 2 aromatic rings. The van der Waals surface area contributed by atoms with Crippen molar-refractivity contribution >= 4 is 0 Å². The van der Waals surface area contributed by atoms with Crippen molar-refractivity contribution in [1.82, 2.24) is 19.9 Å². The molecule has 0 atom stereocenters. The minimum atomic E-state index is 0.503. The Kier molecular flexibility index (Phi) is 3.82. The number of methoxy groups -OCH3 is 1. The molecule has 18 heavy (non-hydrogen) atoms. The molecule has 2 heterocycles. The molecule has 94 valence electrons. The molecule has 2 rings (SSSR count). The van der Waals surface area contributed by atoms with Gasteiger partial charge in [-0.25, -0.2) is 15.0 Å². The third-order valence-electron chi connectivity index (χ3n) is 2.44. The van der Waals surface area contributed by atoms with Crippen LogP contribution in [0.5, 0.6) is 5.75 Å². The maximum Gasteiger partial charge on any atom is 0.180 e. The Hall–Kier alpha value is -2.04. The quantitative estimate of drug-likeness (QED) is 0.824. The second-order valence-corrected chi connectivity index (χ2v) is 4.40. The van der Waals surface area contributed by atoms with E-state index in [-0.39, 0.29) is 0 Å². The third kappa shape index (κ3) is 2.80. The highest BCUT2D eigenvalue weighted by Crippen LogP contribution is 2.21. The van der Waals surface area contributed by atoms with E-state index in [1.807, 2.05) is 0 Å². The second kappa shape index (κ2) is 5.53. The maximum absolute atomic E-state index is 5.28. The molecule has 0 saturated heterocycles. The molecule has 0 aliphatic heterocycles. The molecule has 5 heteroatoms. The molecular weight excluding hydrogens is 228 g/mol. The Bertz CT molecular complexity index is 514. The van der Waals surface area contributed by atoms with Crippen LogP contribution in [0.4, 0.5) is 0 Å². The smallest absolute Gasteiger partial charge is 0.180 e. The van der Waals surface area contributed by atoms with Crippen molar-refractivity contribution in [3.8, 4) is 17.3 Å². The van der Waals surface area contributed by atoms with E-state index in [2.05, 4.69) is 33.8 Å². The van der Waals surface area contributed by atoms with E-state index < -0.39 is 0 Å². The number of rotatable bonds is 4. The van der Waals surface area contributed by atoms with Crippen LogP contribution in [0.15, 0.2) is 24.8 Å². The van der Waals surface area contributed by atoms with Gasteiger partial charge in [0.2, 0.25) is 0 Å². The Morgan fingerprint density at radius 1 is 1.17 bits per heavy atom. The number of hydrogen-bond donors (Lipinski definition) is 0. The second-order valence-electron chi connectivity index (χ2n) is 4.40. The normalized spacial score (nSPS) is 10.7. The van der Waals surface area contributed by atoms with Gasteiger partial charge in [-0.15, -0.1) is 0 Å². The van der Waals surface area contributed by atoms with Crippen molar-refractivity contribution in [2.24, 2.45) is 5.92 Å². The number of aromatic nitrogens is 4. The van der Waals surface area contributed by atoms with Crippen molar-refractivity contribution in [1.29, 1.82) is 0 Å². The monoisotopic (exact) mass is 244 g/mol. The zero-order valence-corrected chi connectivity index (χ0v) is 10.8. The molecule has 5 nitrogen and oxygen atoms in total. The van der Waals surface area contributed by atoms with Gasteiger partial charge in [0, 0.05) is 12.4 Å². The lowest BCUT2D eigenvalue weighted by Gasteiger charge is -2.10. The number of hydrogen-bond acceptors (Lipinski definition) is 5. The summed E-state index contributed by atoms with van der Waals surface area (Å²) >= 11 is 0. The van der Waals surface area contributed by atoms with Crippen LogP contribution < -0.4 is 4.74 Å². The van der Waals surface area contributed by atoms with Crippen molar-refractivity contribution < 1.29 is 4.74 Å². The SMILES string of the molecule is COc1cnc(-c2cnccn2)nc1CC(C)C. The standard InChI is InChI=1S/C13H16N4O/c1-9(2)6-10-12(18-3)8-16-13(17-10)11-7-14-4-5-15-11/h4-5,7-9H,6H2,1-3H3. The molecule has 0 saturated carbocycles. The molecular formula is C13H16N4O. The van der Waals surface area contributed by atoms with E-state index >= 15 is 0 Å². The summed E-state index contributed by atoms with van der Waals surface area (Å²) in [5, 5.41) is 0. The average Bonchev–Trinajstić information content (AvgIpc) is 2.39. The molecule has 0 spiro atoms. The summed E-state index contributed by atoms with van der Waals surface area (Å²) in [6.07, 6.45) is 7.45. The van der Waals surface area contributed by atoms with E-state index in [0.29, 0.717) is 17.4 Å². The summed E-state index contributed by atoms with van der Waals surface area (Å²) in [5.74, 6) is 1.80. The fourth-order valence-corrected chi connectivity index (χ4v) is 1.65. The van der Waals surface area contributed by atoms with Crippen LogP contribution in [0, 0.1) is 5.92 Å². The molecule has 0 radical (unpaired) electrons. The van der Waals surface area contributed by atoms with Gasteiger partial charge in [0.25, 0.3) is 0 Å². The fourth-order valence-electron chi connectivity index (χ4n) is 1.65. The Balaban J connectivity index is 2.39. The van der Waals surface area contributed by atoms with Crippen LogP contribution in [-0.2, 0) is 6.42 Å². The third-order valence-corrected chi connectivity index (χ3v) is 2.44. The predicted octanol–water partition coefficient (Wildman–Crippen LogP) is 2.14. The van der Waals surface area contributed by atoms with Gasteiger partial charge in [-0.1, -0.05) is 13.8 Å². The molecule has 0 bridgehead atoms. The van der Waals surface area contributed by atoms with Gasteiger partial charge in [0.1, 0.15) is 5.69 Å². The molecule has 0 aromatic carbocycles. The Morgan fingerprint density at radius 2 is 2.00 bits per heavy atom. The summed E-state index contributed by atoms with van der Waals surface area (Å²) in [6.45, 7) is 4.28. The highest BCUT2D eigenvalue weighted by Gasteiger charge is 2.11. The summed E-state index contributed by atoms with van der Waals surface area (Å²) in [7, 11) is 1.63. The Labute approximate surface area is 106 Å². The summed E-state index contributed by atoms with van der Waals surface area (Å²) in [6, 6.07) is 0. The molecule has 0 aliphatic carbocycles. The highest BCUT2D eigenvalue weighted by molar-refractivity contribution is 5.48. The minimum absolute atomic E-state index is 0.503. The maximum atomic E-state index is 5.28. The highest BCUT2D eigenvalue weighted by atomic mass is 16.5. The lowest BCUT2D eigenvalue weighted by Crippen LogP contribution is -2.04. The molecule has 0 amide bonds. The van der Waals surface area contributed by atoms with E-state index in [1.165, 1.54) is 0 Å². The van der Waals surface area contributed by atoms with E-state index in [0.717, 1.165) is 17.9 Å². The first-order valence-corrected chi connectivity index (χ1v) is 5.87. The van der Waals surface area contributed by atoms with E-state index in [9.17, 15) is 0 Å². The van der Waals surface area contributed by atoms with Crippen molar-refractivity contribution in [3.05, 3.63) is 30.5 Å². The fraction of sp³-hybridized carbons (Fsp3) is 0.385.